The lowest BCUT2D eigenvalue weighted by Gasteiger charge is -2.03. The van der Waals surface area contributed by atoms with Crippen molar-refractivity contribution in [1.82, 2.24) is 0 Å². The van der Waals surface area contributed by atoms with E-state index in [1.807, 2.05) is 18.2 Å². The summed E-state index contributed by atoms with van der Waals surface area (Å²) in [6.45, 7) is 5.02. The average Bonchev–Trinajstić information content (AvgIpc) is 2.99. The van der Waals surface area contributed by atoms with E-state index in [0.717, 1.165) is 19.4 Å². The number of ether oxygens (including phenoxy) is 1. The maximum absolute atomic E-state index is 5.15. The molecule has 0 N–H and O–H groups in total. The van der Waals surface area contributed by atoms with E-state index < -0.39 is 0 Å². The molecule has 0 aromatic heterocycles. The maximum Gasteiger partial charge on any atom is 0.0813 e. The number of allylic oxidation sites excluding steroid dienone is 1. The summed E-state index contributed by atoms with van der Waals surface area (Å²) in [5.74, 6) is 0. The fourth-order valence-electron chi connectivity index (χ4n) is 1.39. The molecule has 1 nitrogen and oxygen atoms in total. The standard InChI is InChI=1S/C12H14O/c1-10(7-8-12-9-13-12)11-5-3-2-4-6-11/h2-6,12H,1,7-9H2. The van der Waals surface area contributed by atoms with Crippen LogP contribution in [0.1, 0.15) is 18.4 Å². The van der Waals surface area contributed by atoms with Crippen molar-refractivity contribution in [3.8, 4) is 0 Å². The van der Waals surface area contributed by atoms with Crippen LogP contribution in [0.25, 0.3) is 5.57 Å². The Hall–Kier alpha value is -1.08. The molecule has 13 heavy (non-hydrogen) atoms. The van der Waals surface area contributed by atoms with Gasteiger partial charge in [0.25, 0.3) is 0 Å². The average molecular weight is 174 g/mol. The Kier molecular flexibility index (Phi) is 2.46. The van der Waals surface area contributed by atoms with E-state index in [4.69, 9.17) is 4.74 Å². The Labute approximate surface area is 79.0 Å². The first-order valence-electron chi connectivity index (χ1n) is 4.71. The third-order valence-corrected chi connectivity index (χ3v) is 2.35. The van der Waals surface area contributed by atoms with Gasteiger partial charge in [0.05, 0.1) is 12.7 Å². The van der Waals surface area contributed by atoms with Crippen molar-refractivity contribution in [3.63, 3.8) is 0 Å². The number of hydrogen-bond donors (Lipinski definition) is 0. The predicted molar refractivity (Wildman–Crippen MR) is 54.5 cm³/mol. The zero-order chi connectivity index (χ0) is 9.10. The third-order valence-electron chi connectivity index (χ3n) is 2.35. The summed E-state index contributed by atoms with van der Waals surface area (Å²) in [5.41, 5.74) is 2.47. The van der Waals surface area contributed by atoms with Gasteiger partial charge < -0.3 is 4.74 Å². The van der Waals surface area contributed by atoms with Crippen molar-refractivity contribution in [3.05, 3.63) is 42.5 Å². The topological polar surface area (TPSA) is 12.5 Å². The molecule has 0 radical (unpaired) electrons. The lowest BCUT2D eigenvalue weighted by molar-refractivity contribution is 0.399. The zero-order valence-corrected chi connectivity index (χ0v) is 7.70. The van der Waals surface area contributed by atoms with Gasteiger partial charge in [-0.2, -0.15) is 0 Å². The minimum absolute atomic E-state index is 0.514. The Morgan fingerprint density at radius 3 is 2.69 bits per heavy atom. The maximum atomic E-state index is 5.15. The van der Waals surface area contributed by atoms with E-state index in [1.54, 1.807) is 0 Å². The smallest absolute Gasteiger partial charge is 0.0813 e. The SMILES string of the molecule is C=C(CCC1CO1)c1ccccc1. The van der Waals surface area contributed by atoms with Gasteiger partial charge in [0.2, 0.25) is 0 Å². The molecule has 0 aliphatic carbocycles. The van der Waals surface area contributed by atoms with Crippen molar-refractivity contribution in [1.29, 1.82) is 0 Å². The van der Waals surface area contributed by atoms with Crippen LogP contribution >= 0.6 is 0 Å². The minimum Gasteiger partial charge on any atom is -0.373 e. The van der Waals surface area contributed by atoms with Gasteiger partial charge in [0.15, 0.2) is 0 Å². The highest BCUT2D eigenvalue weighted by atomic mass is 16.6. The molecule has 1 fully saturated rings. The summed E-state index contributed by atoms with van der Waals surface area (Å²) in [6, 6.07) is 10.3. The van der Waals surface area contributed by atoms with Gasteiger partial charge in [-0.15, -0.1) is 0 Å². The molecule has 1 saturated heterocycles. The third kappa shape index (κ3) is 2.43. The highest BCUT2D eigenvalue weighted by molar-refractivity contribution is 5.62. The van der Waals surface area contributed by atoms with Crippen molar-refractivity contribution >= 4 is 5.57 Å². The first-order chi connectivity index (χ1) is 6.36. The number of epoxide rings is 1. The Morgan fingerprint density at radius 2 is 2.08 bits per heavy atom. The molecular weight excluding hydrogens is 160 g/mol. The first-order valence-corrected chi connectivity index (χ1v) is 4.71. The quantitative estimate of drug-likeness (QED) is 0.639. The molecular formula is C12H14O. The van der Waals surface area contributed by atoms with Gasteiger partial charge in [-0.3, -0.25) is 0 Å². The van der Waals surface area contributed by atoms with Crippen molar-refractivity contribution in [2.75, 3.05) is 6.61 Å². The van der Waals surface area contributed by atoms with E-state index in [1.165, 1.54) is 11.1 Å². The van der Waals surface area contributed by atoms with Crippen LogP contribution in [0.2, 0.25) is 0 Å². The number of benzene rings is 1. The molecule has 68 valence electrons. The fraction of sp³-hybridized carbons (Fsp3) is 0.333. The summed E-state index contributed by atoms with van der Waals surface area (Å²) in [7, 11) is 0. The summed E-state index contributed by atoms with van der Waals surface area (Å²) >= 11 is 0. The molecule has 1 unspecified atom stereocenters. The van der Waals surface area contributed by atoms with Crippen LogP contribution in [0.5, 0.6) is 0 Å². The van der Waals surface area contributed by atoms with Crippen LogP contribution in [0.3, 0.4) is 0 Å². The normalized spacial score (nSPS) is 19.8. The first kappa shape index (κ1) is 8.52. The van der Waals surface area contributed by atoms with E-state index >= 15 is 0 Å². The molecule has 1 heterocycles. The van der Waals surface area contributed by atoms with Crippen LogP contribution in [-0.2, 0) is 4.74 Å². The van der Waals surface area contributed by atoms with Gasteiger partial charge in [-0.1, -0.05) is 36.9 Å². The fourth-order valence-corrected chi connectivity index (χ4v) is 1.39. The molecule has 1 aromatic carbocycles. The Balaban J connectivity index is 1.89. The molecule has 0 saturated carbocycles. The summed E-state index contributed by atoms with van der Waals surface area (Å²) in [6.07, 6.45) is 2.68. The largest absolute Gasteiger partial charge is 0.373 e. The van der Waals surface area contributed by atoms with Crippen LogP contribution in [0.4, 0.5) is 0 Å². The van der Waals surface area contributed by atoms with E-state index in [2.05, 4.69) is 18.7 Å². The lowest BCUT2D eigenvalue weighted by Crippen LogP contribution is -1.88. The van der Waals surface area contributed by atoms with Crippen molar-refractivity contribution in [2.45, 2.75) is 18.9 Å². The second kappa shape index (κ2) is 3.75. The van der Waals surface area contributed by atoms with E-state index in [0.29, 0.717) is 6.10 Å². The lowest BCUT2D eigenvalue weighted by atomic mass is 10.0. The molecule has 1 aromatic rings. The van der Waals surface area contributed by atoms with Gasteiger partial charge >= 0.3 is 0 Å². The second-order valence-corrected chi connectivity index (χ2v) is 3.46. The van der Waals surface area contributed by atoms with Crippen molar-refractivity contribution in [2.24, 2.45) is 0 Å². The molecule has 0 amide bonds. The Morgan fingerprint density at radius 1 is 1.38 bits per heavy atom. The molecule has 1 aliphatic heterocycles. The summed E-state index contributed by atoms with van der Waals surface area (Å²) in [5, 5.41) is 0. The van der Waals surface area contributed by atoms with Crippen molar-refractivity contribution < 1.29 is 4.74 Å². The highest BCUT2D eigenvalue weighted by Gasteiger charge is 2.21. The minimum atomic E-state index is 0.514. The number of rotatable bonds is 4. The monoisotopic (exact) mass is 174 g/mol. The van der Waals surface area contributed by atoms with Crippen LogP contribution in [-0.4, -0.2) is 12.7 Å². The predicted octanol–water partition coefficient (Wildman–Crippen LogP) is 2.88. The van der Waals surface area contributed by atoms with Gasteiger partial charge in [-0.05, 0) is 24.0 Å². The van der Waals surface area contributed by atoms with Gasteiger partial charge in [0.1, 0.15) is 0 Å². The molecule has 1 aliphatic rings. The number of hydrogen-bond acceptors (Lipinski definition) is 1. The highest BCUT2D eigenvalue weighted by Crippen LogP contribution is 2.23. The van der Waals surface area contributed by atoms with E-state index in [-0.39, 0.29) is 0 Å². The van der Waals surface area contributed by atoms with Gasteiger partial charge in [-0.25, -0.2) is 0 Å². The Bertz CT molecular complexity index is 285. The molecule has 0 spiro atoms. The zero-order valence-electron chi connectivity index (χ0n) is 7.70. The van der Waals surface area contributed by atoms with Crippen LogP contribution < -0.4 is 0 Å². The molecule has 2 rings (SSSR count). The van der Waals surface area contributed by atoms with Crippen LogP contribution in [0.15, 0.2) is 36.9 Å². The van der Waals surface area contributed by atoms with Gasteiger partial charge in [0, 0.05) is 0 Å². The van der Waals surface area contributed by atoms with Crippen LogP contribution in [0, 0.1) is 0 Å². The summed E-state index contributed by atoms with van der Waals surface area (Å²) < 4.78 is 5.15. The van der Waals surface area contributed by atoms with E-state index in [9.17, 15) is 0 Å². The molecule has 1 atom stereocenters. The molecule has 0 bridgehead atoms. The second-order valence-electron chi connectivity index (χ2n) is 3.46. The summed E-state index contributed by atoms with van der Waals surface area (Å²) in [4.78, 5) is 0. The molecule has 1 heteroatoms.